The summed E-state index contributed by atoms with van der Waals surface area (Å²) in [7, 11) is 0. The minimum Gasteiger partial charge on any atom is -0.349 e. The van der Waals surface area contributed by atoms with Crippen molar-refractivity contribution in [2.45, 2.75) is 33.7 Å². The third kappa shape index (κ3) is 1.23. The van der Waals surface area contributed by atoms with Crippen LogP contribution in [0.15, 0.2) is 12.3 Å². The Morgan fingerprint density at radius 2 is 1.90 bits per heavy atom. The molecule has 10 heavy (non-hydrogen) atoms. The summed E-state index contributed by atoms with van der Waals surface area (Å²) in [5.41, 5.74) is 2.71. The van der Waals surface area contributed by atoms with Gasteiger partial charge in [-0.3, -0.25) is 0 Å². The molecule has 1 aromatic rings. The molecular formula is C9H15N. The lowest BCUT2D eigenvalue weighted by Crippen LogP contribution is -1.99. The molecule has 0 saturated carbocycles. The Balaban J connectivity index is 3.03. The van der Waals surface area contributed by atoms with Crippen LogP contribution < -0.4 is 0 Å². The molecule has 1 nitrogen and oxygen atoms in total. The van der Waals surface area contributed by atoms with Crippen LogP contribution in [0.4, 0.5) is 0 Å². The van der Waals surface area contributed by atoms with Crippen LogP contribution in [0, 0.1) is 13.8 Å². The van der Waals surface area contributed by atoms with Gasteiger partial charge in [-0.2, -0.15) is 0 Å². The molecule has 0 aliphatic heterocycles. The van der Waals surface area contributed by atoms with E-state index in [0.29, 0.717) is 6.04 Å². The molecule has 1 rings (SSSR count). The molecule has 0 aromatic carbocycles. The predicted molar refractivity (Wildman–Crippen MR) is 44.3 cm³/mol. The zero-order valence-corrected chi connectivity index (χ0v) is 7.18. The first kappa shape index (κ1) is 7.39. The Bertz CT molecular complexity index is 221. The van der Waals surface area contributed by atoms with Gasteiger partial charge < -0.3 is 4.57 Å². The number of aromatic nitrogens is 1. The average Bonchev–Trinajstić information content (AvgIpc) is 2.10. The van der Waals surface area contributed by atoms with Gasteiger partial charge in [0.15, 0.2) is 0 Å². The van der Waals surface area contributed by atoms with E-state index in [1.165, 1.54) is 11.3 Å². The maximum Gasteiger partial charge on any atom is 0.0276 e. The second-order valence-electron chi connectivity index (χ2n) is 3.16. The van der Waals surface area contributed by atoms with Crippen molar-refractivity contribution in [3.8, 4) is 0 Å². The fourth-order valence-electron chi connectivity index (χ4n) is 1.32. The molecule has 0 unspecified atom stereocenters. The summed E-state index contributed by atoms with van der Waals surface area (Å²) >= 11 is 0. The molecule has 0 radical (unpaired) electrons. The van der Waals surface area contributed by atoms with Crippen molar-refractivity contribution >= 4 is 0 Å². The zero-order valence-electron chi connectivity index (χ0n) is 7.18. The van der Waals surface area contributed by atoms with Crippen LogP contribution in [0.25, 0.3) is 0 Å². The molecule has 0 fully saturated rings. The number of hydrogen-bond donors (Lipinski definition) is 0. The molecule has 0 aliphatic rings. The van der Waals surface area contributed by atoms with E-state index in [2.05, 4.69) is 44.5 Å². The highest BCUT2D eigenvalue weighted by Crippen LogP contribution is 2.12. The van der Waals surface area contributed by atoms with Gasteiger partial charge in [0, 0.05) is 17.9 Å². The van der Waals surface area contributed by atoms with Crippen LogP contribution in [0.1, 0.15) is 31.1 Å². The summed E-state index contributed by atoms with van der Waals surface area (Å²) in [5, 5.41) is 0. The third-order valence-electron chi connectivity index (χ3n) is 1.74. The smallest absolute Gasteiger partial charge is 0.0276 e. The van der Waals surface area contributed by atoms with Crippen LogP contribution in [0.5, 0.6) is 0 Å². The van der Waals surface area contributed by atoms with Crippen molar-refractivity contribution in [2.75, 3.05) is 0 Å². The van der Waals surface area contributed by atoms with E-state index in [1.54, 1.807) is 0 Å². The highest BCUT2D eigenvalue weighted by molar-refractivity contribution is 5.16. The SMILES string of the molecule is Cc1cc(C)n(C(C)C)c1. The van der Waals surface area contributed by atoms with Gasteiger partial charge in [0.05, 0.1) is 0 Å². The van der Waals surface area contributed by atoms with Crippen molar-refractivity contribution in [1.82, 2.24) is 4.57 Å². The van der Waals surface area contributed by atoms with E-state index in [1.807, 2.05) is 0 Å². The summed E-state index contributed by atoms with van der Waals surface area (Å²) in [4.78, 5) is 0. The van der Waals surface area contributed by atoms with Gasteiger partial charge in [0.25, 0.3) is 0 Å². The first-order valence-corrected chi connectivity index (χ1v) is 3.76. The van der Waals surface area contributed by atoms with E-state index in [9.17, 15) is 0 Å². The lowest BCUT2D eigenvalue weighted by molar-refractivity contribution is 0.588. The van der Waals surface area contributed by atoms with Crippen LogP contribution in [0.3, 0.4) is 0 Å². The van der Waals surface area contributed by atoms with Crippen molar-refractivity contribution in [3.05, 3.63) is 23.5 Å². The summed E-state index contributed by atoms with van der Waals surface area (Å²) < 4.78 is 2.29. The summed E-state index contributed by atoms with van der Waals surface area (Å²) in [6.45, 7) is 8.68. The highest BCUT2D eigenvalue weighted by atomic mass is 15.0. The minimum atomic E-state index is 0.591. The monoisotopic (exact) mass is 137 g/mol. The van der Waals surface area contributed by atoms with Gasteiger partial charge in [-0.15, -0.1) is 0 Å². The van der Waals surface area contributed by atoms with Crippen molar-refractivity contribution in [1.29, 1.82) is 0 Å². The molecule has 56 valence electrons. The van der Waals surface area contributed by atoms with E-state index in [0.717, 1.165) is 0 Å². The first-order valence-electron chi connectivity index (χ1n) is 3.76. The molecular weight excluding hydrogens is 122 g/mol. The van der Waals surface area contributed by atoms with Crippen LogP contribution in [-0.4, -0.2) is 4.57 Å². The molecule has 0 spiro atoms. The van der Waals surface area contributed by atoms with Crippen molar-refractivity contribution in [2.24, 2.45) is 0 Å². The lowest BCUT2D eigenvalue weighted by Gasteiger charge is -2.08. The Hall–Kier alpha value is -0.720. The van der Waals surface area contributed by atoms with Crippen molar-refractivity contribution < 1.29 is 0 Å². The summed E-state index contributed by atoms with van der Waals surface area (Å²) in [6, 6.07) is 2.80. The molecule has 0 aliphatic carbocycles. The number of aryl methyl sites for hydroxylation is 2. The van der Waals surface area contributed by atoms with Gasteiger partial charge in [0.2, 0.25) is 0 Å². The van der Waals surface area contributed by atoms with E-state index >= 15 is 0 Å². The lowest BCUT2D eigenvalue weighted by atomic mass is 10.3. The fourth-order valence-corrected chi connectivity index (χ4v) is 1.32. The quantitative estimate of drug-likeness (QED) is 0.561. The highest BCUT2D eigenvalue weighted by Gasteiger charge is 2.00. The Kier molecular flexibility index (Phi) is 1.84. The van der Waals surface area contributed by atoms with E-state index in [4.69, 9.17) is 0 Å². The van der Waals surface area contributed by atoms with Crippen molar-refractivity contribution in [3.63, 3.8) is 0 Å². The number of hydrogen-bond acceptors (Lipinski definition) is 0. The Labute approximate surface area is 62.7 Å². The zero-order chi connectivity index (χ0) is 7.72. The number of nitrogens with zero attached hydrogens (tertiary/aromatic N) is 1. The molecule has 1 heteroatoms. The van der Waals surface area contributed by atoms with Gasteiger partial charge in [0.1, 0.15) is 0 Å². The standard InChI is InChI=1S/C9H15N/c1-7(2)10-6-8(3)5-9(10)4/h5-7H,1-4H3. The average molecular weight is 137 g/mol. The topological polar surface area (TPSA) is 4.93 Å². The maximum absolute atomic E-state index is 2.29. The van der Waals surface area contributed by atoms with Gasteiger partial charge in [-0.05, 0) is 39.3 Å². The largest absolute Gasteiger partial charge is 0.349 e. The Morgan fingerprint density at radius 1 is 1.30 bits per heavy atom. The second-order valence-corrected chi connectivity index (χ2v) is 3.16. The molecule has 0 atom stereocenters. The van der Waals surface area contributed by atoms with Crippen LogP contribution in [-0.2, 0) is 0 Å². The normalized spacial score (nSPS) is 10.9. The first-order chi connectivity index (χ1) is 4.61. The fraction of sp³-hybridized carbons (Fsp3) is 0.556. The maximum atomic E-state index is 2.29. The summed E-state index contributed by atoms with van der Waals surface area (Å²) in [6.07, 6.45) is 2.19. The van der Waals surface area contributed by atoms with E-state index < -0.39 is 0 Å². The van der Waals surface area contributed by atoms with Gasteiger partial charge >= 0.3 is 0 Å². The molecule has 0 amide bonds. The minimum absolute atomic E-state index is 0.591. The second kappa shape index (κ2) is 2.49. The third-order valence-corrected chi connectivity index (χ3v) is 1.74. The molecule has 1 aromatic heterocycles. The summed E-state index contributed by atoms with van der Waals surface area (Å²) in [5.74, 6) is 0. The van der Waals surface area contributed by atoms with E-state index in [-0.39, 0.29) is 0 Å². The number of rotatable bonds is 1. The van der Waals surface area contributed by atoms with Crippen LogP contribution >= 0.6 is 0 Å². The molecule has 0 N–H and O–H groups in total. The predicted octanol–water partition coefficient (Wildman–Crippen LogP) is 2.69. The van der Waals surface area contributed by atoms with Gasteiger partial charge in [-0.1, -0.05) is 0 Å². The van der Waals surface area contributed by atoms with Crippen LogP contribution in [0.2, 0.25) is 0 Å². The molecule has 0 bridgehead atoms. The Morgan fingerprint density at radius 3 is 2.10 bits per heavy atom. The molecule has 0 saturated heterocycles. The molecule has 1 heterocycles. The van der Waals surface area contributed by atoms with Gasteiger partial charge in [-0.25, -0.2) is 0 Å².